The van der Waals surface area contributed by atoms with Crippen LogP contribution in [0, 0.1) is 6.92 Å². The average Bonchev–Trinajstić information content (AvgIpc) is 2.30. The van der Waals surface area contributed by atoms with Crippen LogP contribution in [0.2, 0.25) is 0 Å². The fourth-order valence-corrected chi connectivity index (χ4v) is 1.59. The lowest BCUT2D eigenvalue weighted by Crippen LogP contribution is -2.23. The van der Waals surface area contributed by atoms with E-state index in [2.05, 4.69) is 50.4 Å². The molecule has 0 heterocycles. The molecule has 16 heavy (non-hydrogen) atoms. The molecule has 1 nitrogen and oxygen atoms in total. The highest BCUT2D eigenvalue weighted by Crippen LogP contribution is 2.26. The van der Waals surface area contributed by atoms with Crippen LogP contribution < -0.4 is 5.32 Å². The van der Waals surface area contributed by atoms with Crippen LogP contribution in [0.15, 0.2) is 24.3 Å². The fraction of sp³-hybridized carbons (Fsp3) is 0.600. The minimum Gasteiger partial charge on any atom is -0.320 e. The Balaban J connectivity index is 0.00000106. The van der Waals surface area contributed by atoms with Crippen molar-refractivity contribution < 1.29 is 0 Å². The van der Waals surface area contributed by atoms with Gasteiger partial charge in [0.2, 0.25) is 0 Å². The second kappa shape index (κ2) is 7.45. The van der Waals surface area contributed by atoms with Crippen molar-refractivity contribution in [1.29, 1.82) is 0 Å². The second-order valence-corrected chi connectivity index (χ2v) is 4.60. The first-order chi connectivity index (χ1) is 7.56. The van der Waals surface area contributed by atoms with Gasteiger partial charge in [-0.25, -0.2) is 0 Å². The summed E-state index contributed by atoms with van der Waals surface area (Å²) in [6.07, 6.45) is 1.17. The van der Waals surface area contributed by atoms with Crippen LogP contribution in [0.3, 0.4) is 0 Å². The number of hydrogen-bond donors (Lipinski definition) is 1. The standard InChI is InChI=1S/C13H21N.C2H6/c1-11-5-7-12(8-6-11)13(2,3)9-10-14-4;1-2/h5-8,14H,9-10H2,1-4H3;1-2H3. The van der Waals surface area contributed by atoms with E-state index in [4.69, 9.17) is 0 Å². The number of aryl methyl sites for hydroxylation is 1. The van der Waals surface area contributed by atoms with Crippen molar-refractivity contribution in [3.63, 3.8) is 0 Å². The molecule has 1 N–H and O–H groups in total. The SMILES string of the molecule is CC.CNCCC(C)(C)c1ccc(C)cc1. The maximum atomic E-state index is 3.20. The molecule has 0 saturated heterocycles. The molecule has 0 unspecified atom stereocenters. The first-order valence-corrected chi connectivity index (χ1v) is 6.28. The molecule has 0 aliphatic carbocycles. The highest BCUT2D eigenvalue weighted by atomic mass is 14.8. The lowest BCUT2D eigenvalue weighted by molar-refractivity contribution is 0.469. The Labute approximate surface area is 101 Å². The van der Waals surface area contributed by atoms with Crippen LogP contribution in [-0.2, 0) is 5.41 Å². The molecule has 0 radical (unpaired) electrons. The van der Waals surface area contributed by atoms with Gasteiger partial charge in [-0.1, -0.05) is 57.5 Å². The first kappa shape index (κ1) is 15.2. The van der Waals surface area contributed by atoms with E-state index >= 15 is 0 Å². The summed E-state index contributed by atoms with van der Waals surface area (Å²) in [5.41, 5.74) is 3.04. The minimum atomic E-state index is 0.275. The van der Waals surface area contributed by atoms with Crippen molar-refractivity contribution in [2.75, 3.05) is 13.6 Å². The molecular formula is C15H27N. The molecule has 0 bridgehead atoms. The van der Waals surface area contributed by atoms with E-state index in [1.165, 1.54) is 17.5 Å². The van der Waals surface area contributed by atoms with Gasteiger partial charge in [-0.2, -0.15) is 0 Å². The molecule has 0 spiro atoms. The second-order valence-electron chi connectivity index (χ2n) is 4.60. The van der Waals surface area contributed by atoms with Gasteiger partial charge in [0.1, 0.15) is 0 Å². The molecule has 0 saturated carbocycles. The molecule has 0 aromatic heterocycles. The summed E-state index contributed by atoms with van der Waals surface area (Å²) < 4.78 is 0. The average molecular weight is 221 g/mol. The van der Waals surface area contributed by atoms with Gasteiger partial charge in [-0.3, -0.25) is 0 Å². The first-order valence-electron chi connectivity index (χ1n) is 6.28. The molecule has 1 rings (SSSR count). The minimum absolute atomic E-state index is 0.275. The summed E-state index contributed by atoms with van der Waals surface area (Å²) in [7, 11) is 2.01. The Morgan fingerprint density at radius 3 is 2.00 bits per heavy atom. The maximum Gasteiger partial charge on any atom is -0.00436 e. The van der Waals surface area contributed by atoms with E-state index in [1.54, 1.807) is 0 Å². The summed E-state index contributed by atoms with van der Waals surface area (Å²) in [5, 5.41) is 3.20. The zero-order valence-corrected chi connectivity index (χ0v) is 11.7. The number of hydrogen-bond acceptors (Lipinski definition) is 1. The number of nitrogens with one attached hydrogen (secondary N) is 1. The predicted octanol–water partition coefficient (Wildman–Crippen LogP) is 3.91. The third-order valence-electron chi connectivity index (χ3n) is 2.83. The summed E-state index contributed by atoms with van der Waals surface area (Å²) in [4.78, 5) is 0. The van der Waals surface area contributed by atoms with Crippen LogP contribution >= 0.6 is 0 Å². The highest BCUT2D eigenvalue weighted by Gasteiger charge is 2.19. The zero-order chi connectivity index (χ0) is 12.6. The Hall–Kier alpha value is -0.820. The van der Waals surface area contributed by atoms with Gasteiger partial charge in [0.25, 0.3) is 0 Å². The largest absolute Gasteiger partial charge is 0.320 e. The fourth-order valence-electron chi connectivity index (χ4n) is 1.59. The number of rotatable bonds is 4. The zero-order valence-electron chi connectivity index (χ0n) is 11.7. The van der Waals surface area contributed by atoms with Gasteiger partial charge < -0.3 is 5.32 Å². The normalized spacial score (nSPS) is 10.6. The van der Waals surface area contributed by atoms with E-state index in [-0.39, 0.29) is 5.41 Å². The molecular weight excluding hydrogens is 194 g/mol. The highest BCUT2D eigenvalue weighted by molar-refractivity contribution is 5.27. The van der Waals surface area contributed by atoms with E-state index in [1.807, 2.05) is 20.9 Å². The summed E-state index contributed by atoms with van der Waals surface area (Å²) in [6, 6.07) is 8.86. The molecule has 1 aromatic carbocycles. The van der Waals surface area contributed by atoms with E-state index in [9.17, 15) is 0 Å². The van der Waals surface area contributed by atoms with Crippen molar-refractivity contribution in [1.82, 2.24) is 5.32 Å². The Kier molecular flexibility index (Phi) is 7.07. The lowest BCUT2D eigenvalue weighted by Gasteiger charge is -2.25. The Morgan fingerprint density at radius 2 is 1.56 bits per heavy atom. The van der Waals surface area contributed by atoms with Gasteiger partial charge in [0.15, 0.2) is 0 Å². The third kappa shape index (κ3) is 4.80. The molecule has 0 aliphatic rings. The van der Waals surface area contributed by atoms with Gasteiger partial charge in [-0.15, -0.1) is 0 Å². The molecule has 0 aliphatic heterocycles. The van der Waals surface area contributed by atoms with Crippen molar-refractivity contribution in [2.24, 2.45) is 0 Å². The summed E-state index contributed by atoms with van der Waals surface area (Å²) in [5.74, 6) is 0. The molecule has 92 valence electrons. The van der Waals surface area contributed by atoms with Crippen LogP contribution in [0.4, 0.5) is 0 Å². The topological polar surface area (TPSA) is 12.0 Å². The van der Waals surface area contributed by atoms with Gasteiger partial charge in [0, 0.05) is 0 Å². The van der Waals surface area contributed by atoms with Crippen molar-refractivity contribution in [3.8, 4) is 0 Å². The molecule has 0 fully saturated rings. The molecule has 0 atom stereocenters. The quantitative estimate of drug-likeness (QED) is 0.813. The van der Waals surface area contributed by atoms with Crippen LogP contribution in [0.25, 0.3) is 0 Å². The smallest absolute Gasteiger partial charge is 0.00436 e. The van der Waals surface area contributed by atoms with Crippen molar-refractivity contribution in [2.45, 2.75) is 46.5 Å². The third-order valence-corrected chi connectivity index (χ3v) is 2.83. The summed E-state index contributed by atoms with van der Waals surface area (Å²) >= 11 is 0. The van der Waals surface area contributed by atoms with E-state index < -0.39 is 0 Å². The van der Waals surface area contributed by atoms with Gasteiger partial charge in [0.05, 0.1) is 0 Å². The predicted molar refractivity (Wildman–Crippen MR) is 74.1 cm³/mol. The molecule has 1 aromatic rings. The molecule has 1 heteroatoms. The maximum absolute atomic E-state index is 3.20. The summed E-state index contributed by atoms with van der Waals surface area (Å²) in [6.45, 7) is 11.8. The van der Waals surface area contributed by atoms with Crippen LogP contribution in [-0.4, -0.2) is 13.6 Å². The van der Waals surface area contributed by atoms with Crippen LogP contribution in [0.1, 0.15) is 45.2 Å². The number of benzene rings is 1. The Bertz CT molecular complexity index is 272. The van der Waals surface area contributed by atoms with Gasteiger partial charge in [-0.05, 0) is 37.9 Å². The van der Waals surface area contributed by atoms with Crippen molar-refractivity contribution in [3.05, 3.63) is 35.4 Å². The van der Waals surface area contributed by atoms with E-state index in [0.717, 1.165) is 6.54 Å². The Morgan fingerprint density at radius 1 is 1.06 bits per heavy atom. The van der Waals surface area contributed by atoms with E-state index in [0.29, 0.717) is 0 Å². The van der Waals surface area contributed by atoms with Crippen molar-refractivity contribution >= 4 is 0 Å². The monoisotopic (exact) mass is 221 g/mol. The van der Waals surface area contributed by atoms with Gasteiger partial charge >= 0.3 is 0 Å². The van der Waals surface area contributed by atoms with Crippen LogP contribution in [0.5, 0.6) is 0 Å². The lowest BCUT2D eigenvalue weighted by atomic mass is 9.81. The molecule has 0 amide bonds.